The Morgan fingerprint density at radius 3 is 2.57 bits per heavy atom. The molecule has 0 fully saturated rings. The summed E-state index contributed by atoms with van der Waals surface area (Å²) in [6, 6.07) is 7.25. The third-order valence-electron chi connectivity index (χ3n) is 2.50. The van der Waals surface area contributed by atoms with Gasteiger partial charge in [-0.2, -0.15) is 12.6 Å². The lowest BCUT2D eigenvalue weighted by Crippen LogP contribution is -2.41. The van der Waals surface area contributed by atoms with E-state index in [0.717, 1.165) is 11.1 Å². The standard InChI is InChI=1S/C13H20N4OS.2ClH/c1-9(14)16-6-10-3-2-4-11(5-10)7-17-13(18)12(15)8-19;;/h2-5,12,19H,6-8,15H2,1H3,(H2,14,16)(H,17,18);2*1H/t12-;;/m0../s1. The molecule has 0 aliphatic rings. The minimum Gasteiger partial charge on any atom is -0.388 e. The van der Waals surface area contributed by atoms with Gasteiger partial charge >= 0.3 is 0 Å². The van der Waals surface area contributed by atoms with E-state index in [1.54, 1.807) is 6.92 Å². The first-order chi connectivity index (χ1) is 9.02. The van der Waals surface area contributed by atoms with E-state index in [0.29, 0.717) is 24.7 Å². The second kappa shape index (κ2) is 11.7. The smallest absolute Gasteiger partial charge is 0.238 e. The summed E-state index contributed by atoms with van der Waals surface area (Å²) in [5, 5.41) is 2.77. The number of nitrogens with one attached hydrogen (secondary N) is 1. The summed E-state index contributed by atoms with van der Waals surface area (Å²) in [5.74, 6) is 0.686. The van der Waals surface area contributed by atoms with Crippen LogP contribution in [0.5, 0.6) is 0 Å². The number of carbonyl (C=O) groups is 1. The van der Waals surface area contributed by atoms with E-state index >= 15 is 0 Å². The Morgan fingerprint density at radius 2 is 2.00 bits per heavy atom. The van der Waals surface area contributed by atoms with Gasteiger partial charge < -0.3 is 16.8 Å². The van der Waals surface area contributed by atoms with Crippen LogP contribution in [0.25, 0.3) is 0 Å². The van der Waals surface area contributed by atoms with Crippen molar-refractivity contribution in [2.45, 2.75) is 26.1 Å². The van der Waals surface area contributed by atoms with E-state index in [1.165, 1.54) is 0 Å². The van der Waals surface area contributed by atoms with Crippen LogP contribution < -0.4 is 16.8 Å². The van der Waals surface area contributed by atoms with Gasteiger partial charge in [-0.25, -0.2) is 0 Å². The maximum Gasteiger partial charge on any atom is 0.238 e. The lowest BCUT2D eigenvalue weighted by molar-refractivity contribution is -0.122. The number of nitrogens with two attached hydrogens (primary N) is 2. The molecule has 8 heteroatoms. The molecule has 120 valence electrons. The number of amides is 1. The number of thiol groups is 1. The molecular weight excluding hydrogens is 331 g/mol. The third-order valence-corrected chi connectivity index (χ3v) is 2.90. The molecular formula is C13H22Cl2N4OS. The van der Waals surface area contributed by atoms with Crippen molar-refractivity contribution in [2.75, 3.05) is 5.75 Å². The SMILES string of the molecule is CC(N)=NCc1cccc(CNC(=O)[C@@H](N)CS)c1.Cl.Cl. The molecule has 1 aromatic carbocycles. The zero-order valence-corrected chi connectivity index (χ0v) is 14.3. The van der Waals surface area contributed by atoms with Crippen LogP contribution in [0, 0.1) is 0 Å². The lowest BCUT2D eigenvalue weighted by Gasteiger charge is -2.10. The Bertz CT molecular complexity index is 467. The maximum absolute atomic E-state index is 11.5. The molecule has 0 heterocycles. The molecule has 21 heavy (non-hydrogen) atoms. The summed E-state index contributed by atoms with van der Waals surface area (Å²) in [6.07, 6.45) is 0. The van der Waals surface area contributed by atoms with Crippen molar-refractivity contribution in [1.82, 2.24) is 5.32 Å². The van der Waals surface area contributed by atoms with Crippen molar-refractivity contribution in [3.63, 3.8) is 0 Å². The number of carbonyl (C=O) groups excluding carboxylic acids is 1. The molecule has 0 aliphatic carbocycles. The maximum atomic E-state index is 11.5. The quantitative estimate of drug-likeness (QED) is 0.353. The van der Waals surface area contributed by atoms with Crippen molar-refractivity contribution in [1.29, 1.82) is 0 Å². The molecule has 5 nitrogen and oxygen atoms in total. The fraction of sp³-hybridized carbons (Fsp3) is 0.385. The Labute approximate surface area is 143 Å². The van der Waals surface area contributed by atoms with E-state index in [9.17, 15) is 4.79 Å². The summed E-state index contributed by atoms with van der Waals surface area (Å²) in [7, 11) is 0. The lowest BCUT2D eigenvalue weighted by atomic mass is 10.1. The fourth-order valence-electron chi connectivity index (χ4n) is 1.46. The number of amidine groups is 1. The highest BCUT2D eigenvalue weighted by atomic mass is 35.5. The van der Waals surface area contributed by atoms with Crippen LogP contribution in [0.15, 0.2) is 29.3 Å². The minimum atomic E-state index is -0.573. The molecule has 0 radical (unpaired) electrons. The second-order valence-corrected chi connectivity index (χ2v) is 4.65. The van der Waals surface area contributed by atoms with Gasteiger partial charge in [-0.3, -0.25) is 9.79 Å². The van der Waals surface area contributed by atoms with E-state index < -0.39 is 6.04 Å². The van der Waals surface area contributed by atoms with Crippen LogP contribution in [-0.2, 0) is 17.9 Å². The highest BCUT2D eigenvalue weighted by Crippen LogP contribution is 2.06. The summed E-state index contributed by atoms with van der Waals surface area (Å²) in [4.78, 5) is 15.7. The zero-order valence-electron chi connectivity index (χ0n) is 11.8. The van der Waals surface area contributed by atoms with Crippen LogP contribution in [0.1, 0.15) is 18.1 Å². The first-order valence-electron chi connectivity index (χ1n) is 6.01. The summed E-state index contributed by atoms with van der Waals surface area (Å²) >= 11 is 3.99. The number of benzene rings is 1. The Morgan fingerprint density at radius 1 is 1.38 bits per heavy atom. The molecule has 0 saturated heterocycles. The number of nitrogens with zero attached hydrogens (tertiary/aromatic N) is 1. The van der Waals surface area contributed by atoms with Crippen LogP contribution in [-0.4, -0.2) is 23.5 Å². The number of halogens is 2. The van der Waals surface area contributed by atoms with Gasteiger partial charge in [0, 0.05) is 12.3 Å². The first-order valence-corrected chi connectivity index (χ1v) is 6.64. The van der Waals surface area contributed by atoms with Gasteiger partial charge in [0.25, 0.3) is 0 Å². The van der Waals surface area contributed by atoms with Gasteiger partial charge in [0.05, 0.1) is 18.4 Å². The summed E-state index contributed by atoms with van der Waals surface area (Å²) < 4.78 is 0. The van der Waals surface area contributed by atoms with E-state index in [2.05, 4.69) is 22.9 Å². The minimum absolute atomic E-state index is 0. The number of aliphatic imine (C=N–C) groups is 1. The van der Waals surface area contributed by atoms with Crippen molar-refractivity contribution in [2.24, 2.45) is 16.5 Å². The number of hydrogen-bond acceptors (Lipinski definition) is 4. The van der Waals surface area contributed by atoms with Gasteiger partial charge in [-0.15, -0.1) is 24.8 Å². The average Bonchev–Trinajstić information content (AvgIpc) is 2.42. The Kier molecular flexibility index (Phi) is 12.4. The number of rotatable bonds is 6. The van der Waals surface area contributed by atoms with Crippen LogP contribution in [0.4, 0.5) is 0 Å². The van der Waals surface area contributed by atoms with E-state index in [4.69, 9.17) is 11.5 Å². The monoisotopic (exact) mass is 352 g/mol. The van der Waals surface area contributed by atoms with Crippen molar-refractivity contribution in [3.8, 4) is 0 Å². The highest BCUT2D eigenvalue weighted by Gasteiger charge is 2.10. The Hall–Kier alpha value is -0.950. The van der Waals surface area contributed by atoms with Gasteiger partial charge in [0.1, 0.15) is 0 Å². The molecule has 5 N–H and O–H groups in total. The molecule has 1 aromatic rings. The predicted molar refractivity (Wildman–Crippen MR) is 95.6 cm³/mol. The molecule has 0 spiro atoms. The van der Waals surface area contributed by atoms with Gasteiger partial charge in [0.2, 0.25) is 5.91 Å². The van der Waals surface area contributed by atoms with Crippen molar-refractivity contribution >= 4 is 49.2 Å². The zero-order chi connectivity index (χ0) is 14.3. The first kappa shape index (κ1) is 22.3. The Balaban J connectivity index is 0. The van der Waals surface area contributed by atoms with Gasteiger partial charge in [-0.05, 0) is 18.1 Å². The predicted octanol–water partition coefficient (Wildman–Crippen LogP) is 1.28. The number of hydrogen-bond donors (Lipinski definition) is 4. The molecule has 0 saturated carbocycles. The van der Waals surface area contributed by atoms with Crippen LogP contribution in [0.2, 0.25) is 0 Å². The fourth-order valence-corrected chi connectivity index (χ4v) is 1.62. The normalized spacial score (nSPS) is 11.9. The average molecular weight is 353 g/mol. The topological polar surface area (TPSA) is 93.5 Å². The largest absolute Gasteiger partial charge is 0.388 e. The van der Waals surface area contributed by atoms with Crippen molar-refractivity contribution < 1.29 is 4.79 Å². The van der Waals surface area contributed by atoms with Crippen molar-refractivity contribution in [3.05, 3.63) is 35.4 Å². The highest BCUT2D eigenvalue weighted by molar-refractivity contribution is 7.80. The molecule has 0 aliphatic heterocycles. The van der Waals surface area contributed by atoms with Crippen LogP contribution >= 0.6 is 37.4 Å². The molecule has 1 atom stereocenters. The van der Waals surface area contributed by atoms with Gasteiger partial charge in [-0.1, -0.05) is 24.3 Å². The molecule has 0 unspecified atom stereocenters. The molecule has 1 amide bonds. The molecule has 0 bridgehead atoms. The summed E-state index contributed by atoms with van der Waals surface area (Å²) in [5.41, 5.74) is 13.1. The molecule has 1 rings (SSSR count). The second-order valence-electron chi connectivity index (χ2n) is 4.28. The summed E-state index contributed by atoms with van der Waals surface area (Å²) in [6.45, 7) is 2.74. The molecule has 0 aromatic heterocycles. The van der Waals surface area contributed by atoms with E-state index in [1.807, 2.05) is 24.3 Å². The van der Waals surface area contributed by atoms with Crippen LogP contribution in [0.3, 0.4) is 0 Å². The third kappa shape index (κ3) is 8.83. The van der Waals surface area contributed by atoms with E-state index in [-0.39, 0.29) is 30.7 Å². The van der Waals surface area contributed by atoms with Gasteiger partial charge in [0.15, 0.2) is 0 Å².